The second-order valence-corrected chi connectivity index (χ2v) is 5.87. The Balaban J connectivity index is 0.00000400. The van der Waals surface area contributed by atoms with Gasteiger partial charge in [0, 0.05) is 40.2 Å². The Morgan fingerprint density at radius 2 is 1.90 bits per heavy atom. The standard InChI is InChI=1S/C15H30N4O.HI/c1-5-15(9-7-10-15)12-18-14(16-6-2)17-11-8-13(20)19(3)4;/h5-12H2,1-4H3,(H2,16,17,18);1H. The van der Waals surface area contributed by atoms with Crippen LogP contribution < -0.4 is 10.6 Å². The van der Waals surface area contributed by atoms with Crippen LogP contribution in [-0.4, -0.2) is 50.5 Å². The first-order chi connectivity index (χ1) is 9.53. The zero-order valence-electron chi connectivity index (χ0n) is 13.9. The molecular formula is C15H31IN4O. The lowest BCUT2D eigenvalue weighted by molar-refractivity contribution is -0.128. The molecule has 0 aromatic carbocycles. The lowest BCUT2D eigenvalue weighted by atomic mass is 9.67. The molecule has 0 aromatic heterocycles. The Bertz CT molecular complexity index is 335. The van der Waals surface area contributed by atoms with Crippen molar-refractivity contribution in [2.45, 2.75) is 46.0 Å². The number of hydrogen-bond acceptors (Lipinski definition) is 2. The summed E-state index contributed by atoms with van der Waals surface area (Å²) in [4.78, 5) is 17.8. The normalized spacial score (nSPS) is 16.5. The van der Waals surface area contributed by atoms with E-state index < -0.39 is 0 Å². The number of nitrogens with one attached hydrogen (secondary N) is 2. The van der Waals surface area contributed by atoms with Crippen LogP contribution in [0.4, 0.5) is 0 Å². The van der Waals surface area contributed by atoms with Gasteiger partial charge >= 0.3 is 0 Å². The Morgan fingerprint density at radius 1 is 1.24 bits per heavy atom. The third-order valence-corrected chi connectivity index (χ3v) is 4.21. The Labute approximate surface area is 146 Å². The highest BCUT2D eigenvalue weighted by molar-refractivity contribution is 14.0. The third kappa shape index (κ3) is 6.84. The molecule has 0 unspecified atom stereocenters. The van der Waals surface area contributed by atoms with Gasteiger partial charge < -0.3 is 15.5 Å². The molecule has 1 amide bonds. The summed E-state index contributed by atoms with van der Waals surface area (Å²) in [6, 6.07) is 0. The summed E-state index contributed by atoms with van der Waals surface area (Å²) in [6.07, 6.45) is 5.63. The molecule has 1 aliphatic rings. The highest BCUT2D eigenvalue weighted by Crippen LogP contribution is 2.43. The number of halogens is 1. The van der Waals surface area contributed by atoms with Crippen molar-refractivity contribution in [3.63, 3.8) is 0 Å². The van der Waals surface area contributed by atoms with Crippen LogP contribution in [0.5, 0.6) is 0 Å². The second kappa shape index (κ2) is 10.2. The molecule has 0 spiro atoms. The van der Waals surface area contributed by atoms with Gasteiger partial charge in [0.1, 0.15) is 0 Å². The summed E-state index contributed by atoms with van der Waals surface area (Å²) in [7, 11) is 3.56. The smallest absolute Gasteiger partial charge is 0.223 e. The van der Waals surface area contributed by atoms with E-state index in [-0.39, 0.29) is 29.9 Å². The Morgan fingerprint density at radius 3 is 2.33 bits per heavy atom. The number of carbonyl (C=O) groups is 1. The first-order valence-electron chi connectivity index (χ1n) is 7.75. The fourth-order valence-electron chi connectivity index (χ4n) is 2.40. The van der Waals surface area contributed by atoms with E-state index in [4.69, 9.17) is 0 Å². The summed E-state index contributed by atoms with van der Waals surface area (Å²) in [5, 5.41) is 6.49. The third-order valence-electron chi connectivity index (χ3n) is 4.21. The largest absolute Gasteiger partial charge is 0.357 e. The average molecular weight is 410 g/mol. The van der Waals surface area contributed by atoms with Crippen LogP contribution in [0.3, 0.4) is 0 Å². The zero-order chi connectivity index (χ0) is 15.0. The van der Waals surface area contributed by atoms with E-state index in [1.807, 2.05) is 0 Å². The number of nitrogens with zero attached hydrogens (tertiary/aromatic N) is 2. The zero-order valence-corrected chi connectivity index (χ0v) is 16.2. The van der Waals surface area contributed by atoms with E-state index >= 15 is 0 Å². The van der Waals surface area contributed by atoms with Crippen molar-refractivity contribution in [3.05, 3.63) is 0 Å². The van der Waals surface area contributed by atoms with Gasteiger partial charge in [-0.2, -0.15) is 0 Å². The van der Waals surface area contributed by atoms with E-state index in [0.29, 0.717) is 18.4 Å². The van der Waals surface area contributed by atoms with Crippen LogP contribution in [0.25, 0.3) is 0 Å². The van der Waals surface area contributed by atoms with Gasteiger partial charge in [0.15, 0.2) is 5.96 Å². The molecule has 5 nitrogen and oxygen atoms in total. The number of guanidine groups is 1. The minimum atomic E-state index is 0. The molecular weight excluding hydrogens is 379 g/mol. The first-order valence-corrected chi connectivity index (χ1v) is 7.75. The molecule has 0 bridgehead atoms. The van der Waals surface area contributed by atoms with Crippen molar-refractivity contribution in [2.75, 3.05) is 33.7 Å². The fraction of sp³-hybridized carbons (Fsp3) is 0.867. The minimum absolute atomic E-state index is 0. The molecule has 1 rings (SSSR count). The molecule has 0 radical (unpaired) electrons. The SMILES string of the molecule is CCNC(=NCC1(CC)CCC1)NCCC(=O)N(C)C.I. The summed E-state index contributed by atoms with van der Waals surface area (Å²) in [5.74, 6) is 0.969. The topological polar surface area (TPSA) is 56.7 Å². The number of hydrogen-bond donors (Lipinski definition) is 2. The molecule has 2 N–H and O–H groups in total. The van der Waals surface area contributed by atoms with Gasteiger partial charge in [-0.3, -0.25) is 9.79 Å². The number of carbonyl (C=O) groups excluding carboxylic acids is 1. The molecule has 124 valence electrons. The fourth-order valence-corrected chi connectivity index (χ4v) is 2.40. The van der Waals surface area contributed by atoms with E-state index in [0.717, 1.165) is 19.0 Å². The van der Waals surface area contributed by atoms with E-state index in [1.165, 1.54) is 25.7 Å². The van der Waals surface area contributed by atoms with Gasteiger partial charge in [0.25, 0.3) is 0 Å². The number of amides is 1. The molecule has 1 aliphatic carbocycles. The second-order valence-electron chi connectivity index (χ2n) is 5.87. The minimum Gasteiger partial charge on any atom is -0.357 e. The van der Waals surface area contributed by atoms with Crippen LogP contribution in [0, 0.1) is 5.41 Å². The molecule has 0 atom stereocenters. The Hall–Kier alpha value is -0.530. The summed E-state index contributed by atoms with van der Waals surface area (Å²) >= 11 is 0. The van der Waals surface area contributed by atoms with Crippen LogP contribution in [-0.2, 0) is 4.79 Å². The maximum atomic E-state index is 11.5. The van der Waals surface area contributed by atoms with Gasteiger partial charge in [-0.05, 0) is 31.6 Å². The van der Waals surface area contributed by atoms with Gasteiger partial charge in [0.05, 0.1) is 0 Å². The van der Waals surface area contributed by atoms with Gasteiger partial charge in [-0.15, -0.1) is 24.0 Å². The van der Waals surface area contributed by atoms with Crippen molar-refractivity contribution in [1.29, 1.82) is 0 Å². The van der Waals surface area contributed by atoms with Crippen LogP contribution in [0.2, 0.25) is 0 Å². The van der Waals surface area contributed by atoms with E-state index in [1.54, 1.807) is 19.0 Å². The van der Waals surface area contributed by atoms with Gasteiger partial charge in [-0.1, -0.05) is 13.3 Å². The van der Waals surface area contributed by atoms with Gasteiger partial charge in [-0.25, -0.2) is 0 Å². The van der Waals surface area contributed by atoms with Crippen LogP contribution >= 0.6 is 24.0 Å². The predicted molar refractivity (Wildman–Crippen MR) is 99.3 cm³/mol. The maximum Gasteiger partial charge on any atom is 0.223 e. The Kier molecular flexibility index (Phi) is 9.98. The summed E-state index contributed by atoms with van der Waals surface area (Å²) in [6.45, 7) is 6.67. The molecule has 0 aromatic rings. The first kappa shape index (κ1) is 20.5. The molecule has 0 saturated heterocycles. The lowest BCUT2D eigenvalue weighted by Gasteiger charge is -2.40. The van der Waals surface area contributed by atoms with Crippen LogP contribution in [0.15, 0.2) is 4.99 Å². The molecule has 1 saturated carbocycles. The van der Waals surface area contributed by atoms with Gasteiger partial charge in [0.2, 0.25) is 5.91 Å². The monoisotopic (exact) mass is 410 g/mol. The summed E-state index contributed by atoms with van der Waals surface area (Å²) < 4.78 is 0. The van der Waals surface area contributed by atoms with E-state index in [2.05, 4.69) is 29.5 Å². The van der Waals surface area contributed by atoms with Crippen molar-refractivity contribution >= 4 is 35.8 Å². The molecule has 0 aliphatic heterocycles. The highest BCUT2D eigenvalue weighted by Gasteiger charge is 2.34. The lowest BCUT2D eigenvalue weighted by Crippen LogP contribution is -2.41. The maximum absolute atomic E-state index is 11.5. The summed E-state index contributed by atoms with van der Waals surface area (Å²) in [5.41, 5.74) is 0.432. The number of aliphatic imine (C=N–C) groups is 1. The van der Waals surface area contributed by atoms with Crippen molar-refractivity contribution in [2.24, 2.45) is 10.4 Å². The van der Waals surface area contributed by atoms with Crippen molar-refractivity contribution in [1.82, 2.24) is 15.5 Å². The molecule has 6 heteroatoms. The quantitative estimate of drug-likeness (QED) is 0.385. The van der Waals surface area contributed by atoms with E-state index in [9.17, 15) is 4.79 Å². The highest BCUT2D eigenvalue weighted by atomic mass is 127. The molecule has 1 fully saturated rings. The van der Waals surface area contributed by atoms with Crippen molar-refractivity contribution in [3.8, 4) is 0 Å². The predicted octanol–water partition coefficient (Wildman–Crippen LogP) is 2.22. The molecule has 21 heavy (non-hydrogen) atoms. The number of rotatable bonds is 7. The van der Waals surface area contributed by atoms with Crippen molar-refractivity contribution < 1.29 is 4.79 Å². The van der Waals surface area contributed by atoms with Crippen LogP contribution in [0.1, 0.15) is 46.0 Å². The molecule has 0 heterocycles. The average Bonchev–Trinajstić information content (AvgIpc) is 2.37.